The standard InChI is InChI=1S/C11H19N3O2S/c1-5-14(4)17(15,16)13-8-11-6-9(2)10(3)12-7-11/h6-7,13H,5,8H2,1-4H3. The fourth-order valence-corrected chi connectivity index (χ4v) is 2.16. The monoisotopic (exact) mass is 257 g/mol. The summed E-state index contributed by atoms with van der Waals surface area (Å²) in [6, 6.07) is 1.94. The van der Waals surface area contributed by atoms with E-state index in [-0.39, 0.29) is 6.54 Å². The molecule has 6 heteroatoms. The Bertz CT molecular complexity index is 485. The van der Waals surface area contributed by atoms with Gasteiger partial charge < -0.3 is 0 Å². The molecule has 1 aromatic heterocycles. The van der Waals surface area contributed by atoms with Crippen LogP contribution in [0, 0.1) is 13.8 Å². The highest BCUT2D eigenvalue weighted by atomic mass is 32.2. The molecule has 0 saturated carbocycles. The van der Waals surface area contributed by atoms with Crippen molar-refractivity contribution in [3.05, 3.63) is 29.1 Å². The Morgan fingerprint density at radius 2 is 2.06 bits per heavy atom. The third kappa shape index (κ3) is 3.76. The van der Waals surface area contributed by atoms with Crippen LogP contribution in [-0.2, 0) is 16.8 Å². The molecule has 0 aromatic carbocycles. The van der Waals surface area contributed by atoms with E-state index in [1.807, 2.05) is 19.9 Å². The zero-order valence-electron chi connectivity index (χ0n) is 10.7. The van der Waals surface area contributed by atoms with Crippen LogP contribution in [-0.4, -0.2) is 31.3 Å². The molecule has 5 nitrogen and oxygen atoms in total. The SMILES string of the molecule is CCN(C)S(=O)(=O)NCc1cnc(C)c(C)c1. The maximum Gasteiger partial charge on any atom is 0.279 e. The van der Waals surface area contributed by atoms with Gasteiger partial charge in [0.2, 0.25) is 0 Å². The highest BCUT2D eigenvalue weighted by Gasteiger charge is 2.14. The van der Waals surface area contributed by atoms with Gasteiger partial charge in [0.15, 0.2) is 0 Å². The number of aryl methyl sites for hydroxylation is 2. The number of nitrogens with zero attached hydrogens (tertiary/aromatic N) is 2. The Labute approximate surface area is 103 Å². The molecule has 0 spiro atoms. The maximum atomic E-state index is 11.7. The summed E-state index contributed by atoms with van der Waals surface area (Å²) in [6.45, 7) is 6.38. The molecule has 0 bridgehead atoms. The van der Waals surface area contributed by atoms with Gasteiger partial charge in [-0.3, -0.25) is 4.98 Å². The van der Waals surface area contributed by atoms with Crippen LogP contribution < -0.4 is 4.72 Å². The lowest BCUT2D eigenvalue weighted by Crippen LogP contribution is -2.37. The molecule has 0 atom stereocenters. The van der Waals surface area contributed by atoms with Gasteiger partial charge in [0.1, 0.15) is 0 Å². The van der Waals surface area contributed by atoms with Gasteiger partial charge in [-0.25, -0.2) is 0 Å². The van der Waals surface area contributed by atoms with Gasteiger partial charge in [-0.15, -0.1) is 0 Å². The minimum absolute atomic E-state index is 0.265. The fraction of sp³-hybridized carbons (Fsp3) is 0.545. The van der Waals surface area contributed by atoms with E-state index in [1.165, 1.54) is 4.31 Å². The van der Waals surface area contributed by atoms with Crippen LogP contribution in [0.25, 0.3) is 0 Å². The Balaban J connectivity index is 2.71. The number of aromatic nitrogens is 1. The molecular weight excluding hydrogens is 238 g/mol. The highest BCUT2D eigenvalue weighted by molar-refractivity contribution is 7.87. The second kappa shape index (κ2) is 5.57. The summed E-state index contributed by atoms with van der Waals surface area (Å²) in [6.07, 6.45) is 1.69. The number of nitrogens with one attached hydrogen (secondary N) is 1. The van der Waals surface area contributed by atoms with Gasteiger partial charge in [0.25, 0.3) is 10.2 Å². The van der Waals surface area contributed by atoms with Gasteiger partial charge in [0.05, 0.1) is 0 Å². The minimum Gasteiger partial charge on any atom is -0.261 e. The van der Waals surface area contributed by atoms with E-state index in [2.05, 4.69) is 9.71 Å². The average molecular weight is 257 g/mol. The molecule has 1 heterocycles. The second-order valence-corrected chi connectivity index (χ2v) is 5.85. The number of hydrogen-bond donors (Lipinski definition) is 1. The van der Waals surface area contributed by atoms with Crippen LogP contribution in [0.3, 0.4) is 0 Å². The molecule has 0 aliphatic carbocycles. The third-order valence-electron chi connectivity index (χ3n) is 2.71. The normalized spacial score (nSPS) is 12.1. The summed E-state index contributed by atoms with van der Waals surface area (Å²) in [7, 11) is -1.83. The van der Waals surface area contributed by atoms with E-state index in [0.717, 1.165) is 16.8 Å². The maximum absolute atomic E-state index is 11.7. The summed E-state index contributed by atoms with van der Waals surface area (Å²) in [4.78, 5) is 4.20. The smallest absolute Gasteiger partial charge is 0.261 e. The molecule has 1 N–H and O–H groups in total. The topological polar surface area (TPSA) is 62.3 Å². The van der Waals surface area contributed by atoms with Crippen LogP contribution in [0.2, 0.25) is 0 Å². The van der Waals surface area contributed by atoms with Crippen molar-refractivity contribution in [2.45, 2.75) is 27.3 Å². The van der Waals surface area contributed by atoms with Crippen LogP contribution >= 0.6 is 0 Å². The number of rotatable bonds is 5. The molecule has 1 rings (SSSR count). The first kappa shape index (κ1) is 14.1. The lowest BCUT2D eigenvalue weighted by Gasteiger charge is -2.15. The van der Waals surface area contributed by atoms with Crippen molar-refractivity contribution < 1.29 is 8.42 Å². The highest BCUT2D eigenvalue weighted by Crippen LogP contribution is 2.06. The second-order valence-electron chi connectivity index (χ2n) is 3.99. The van der Waals surface area contributed by atoms with Crippen molar-refractivity contribution in [1.82, 2.24) is 14.0 Å². The lowest BCUT2D eigenvalue weighted by molar-refractivity contribution is 0.473. The lowest BCUT2D eigenvalue weighted by atomic mass is 10.2. The van der Waals surface area contributed by atoms with Crippen LogP contribution in [0.15, 0.2) is 12.3 Å². The Hall–Kier alpha value is -0.980. The van der Waals surface area contributed by atoms with Gasteiger partial charge >= 0.3 is 0 Å². The largest absolute Gasteiger partial charge is 0.279 e. The van der Waals surface area contributed by atoms with Crippen molar-refractivity contribution in [3.63, 3.8) is 0 Å². The minimum atomic E-state index is -3.38. The number of hydrogen-bond acceptors (Lipinski definition) is 3. The first-order chi connectivity index (χ1) is 7.86. The van der Waals surface area contributed by atoms with Gasteiger partial charge in [0, 0.05) is 32.0 Å². The predicted molar refractivity (Wildman–Crippen MR) is 67.8 cm³/mol. The Morgan fingerprint density at radius 3 is 2.59 bits per heavy atom. The third-order valence-corrected chi connectivity index (χ3v) is 4.30. The summed E-state index contributed by atoms with van der Waals surface area (Å²) in [5, 5.41) is 0. The van der Waals surface area contributed by atoms with Crippen molar-refractivity contribution >= 4 is 10.2 Å². The summed E-state index contributed by atoms with van der Waals surface area (Å²) in [5.41, 5.74) is 2.88. The molecule has 0 radical (unpaired) electrons. The molecule has 0 saturated heterocycles. The van der Waals surface area contributed by atoms with E-state index in [0.29, 0.717) is 6.54 Å². The number of pyridine rings is 1. The molecule has 0 amide bonds. The van der Waals surface area contributed by atoms with Crippen LogP contribution in [0.4, 0.5) is 0 Å². The summed E-state index contributed by atoms with van der Waals surface area (Å²) < 4.78 is 27.2. The van der Waals surface area contributed by atoms with E-state index in [9.17, 15) is 8.42 Å². The van der Waals surface area contributed by atoms with Crippen molar-refractivity contribution in [2.75, 3.05) is 13.6 Å². The summed E-state index contributed by atoms with van der Waals surface area (Å²) in [5.74, 6) is 0. The molecule has 0 aliphatic heterocycles. The molecule has 96 valence electrons. The summed E-state index contributed by atoms with van der Waals surface area (Å²) >= 11 is 0. The zero-order chi connectivity index (χ0) is 13.1. The molecular formula is C11H19N3O2S. The van der Waals surface area contributed by atoms with Crippen molar-refractivity contribution in [2.24, 2.45) is 0 Å². The first-order valence-corrected chi connectivity index (χ1v) is 6.94. The molecule has 0 aliphatic rings. The van der Waals surface area contributed by atoms with Gasteiger partial charge in [-0.05, 0) is 25.0 Å². The van der Waals surface area contributed by atoms with Gasteiger partial charge in [-0.1, -0.05) is 13.0 Å². The Morgan fingerprint density at radius 1 is 1.41 bits per heavy atom. The van der Waals surface area contributed by atoms with E-state index >= 15 is 0 Å². The van der Waals surface area contributed by atoms with Crippen LogP contribution in [0.5, 0.6) is 0 Å². The molecule has 0 fully saturated rings. The first-order valence-electron chi connectivity index (χ1n) is 5.50. The molecule has 17 heavy (non-hydrogen) atoms. The predicted octanol–water partition coefficient (Wildman–Crippen LogP) is 0.985. The molecule has 0 unspecified atom stereocenters. The van der Waals surface area contributed by atoms with E-state index in [1.54, 1.807) is 20.2 Å². The van der Waals surface area contributed by atoms with E-state index in [4.69, 9.17) is 0 Å². The van der Waals surface area contributed by atoms with E-state index < -0.39 is 10.2 Å². The van der Waals surface area contributed by atoms with Crippen LogP contribution in [0.1, 0.15) is 23.7 Å². The van der Waals surface area contributed by atoms with Crippen molar-refractivity contribution in [3.8, 4) is 0 Å². The van der Waals surface area contributed by atoms with Crippen molar-refractivity contribution in [1.29, 1.82) is 0 Å². The quantitative estimate of drug-likeness (QED) is 0.855. The fourth-order valence-electron chi connectivity index (χ4n) is 1.25. The molecule has 1 aromatic rings. The zero-order valence-corrected chi connectivity index (χ0v) is 11.5. The van der Waals surface area contributed by atoms with Gasteiger partial charge in [-0.2, -0.15) is 17.4 Å². The average Bonchev–Trinajstić information content (AvgIpc) is 2.29. The Kier molecular flexibility index (Phi) is 4.62.